The molecule has 0 aliphatic carbocycles. The summed E-state index contributed by atoms with van der Waals surface area (Å²) in [5.41, 5.74) is 2.94. The van der Waals surface area contributed by atoms with Gasteiger partial charge in [-0.05, 0) is 67.4 Å². The summed E-state index contributed by atoms with van der Waals surface area (Å²) in [4.78, 5) is 2.07. The second-order valence-electron chi connectivity index (χ2n) is 6.78. The van der Waals surface area contributed by atoms with Crippen LogP contribution in [0.4, 0.5) is 10.1 Å². The Morgan fingerprint density at radius 3 is 2.74 bits per heavy atom. The average molecular weight is 389 g/mol. The number of anilines is 1. The lowest BCUT2D eigenvalue weighted by atomic mass is 10.2. The predicted molar refractivity (Wildman–Crippen MR) is 110 cm³/mol. The first-order valence-corrected chi connectivity index (χ1v) is 9.52. The topological polar surface area (TPSA) is 33.7 Å². The number of methoxy groups -OCH3 is 1. The summed E-state index contributed by atoms with van der Waals surface area (Å²) in [5, 5.41) is 3.89. The number of halogens is 1. The maximum atomic E-state index is 13.2. The van der Waals surface area contributed by atoms with Crippen LogP contribution in [0.25, 0.3) is 0 Å². The van der Waals surface area contributed by atoms with Crippen molar-refractivity contribution < 1.29 is 13.9 Å². The smallest absolute Gasteiger partial charge is 0.173 e. The summed E-state index contributed by atoms with van der Waals surface area (Å²) in [7, 11) is 1.64. The Morgan fingerprint density at radius 2 is 2.07 bits per heavy atom. The maximum Gasteiger partial charge on any atom is 0.173 e. The molecule has 1 fully saturated rings. The second kappa shape index (κ2) is 9.15. The van der Waals surface area contributed by atoms with Crippen molar-refractivity contribution in [1.82, 2.24) is 4.90 Å². The zero-order valence-electron chi connectivity index (χ0n) is 15.7. The van der Waals surface area contributed by atoms with Gasteiger partial charge in [0.2, 0.25) is 0 Å². The molecule has 2 aromatic carbocycles. The lowest BCUT2D eigenvalue weighted by Gasteiger charge is -2.28. The van der Waals surface area contributed by atoms with Gasteiger partial charge in [-0.2, -0.15) is 0 Å². The number of hydrogen-bond acceptors (Lipinski definition) is 3. The van der Waals surface area contributed by atoms with Gasteiger partial charge in [-0.15, -0.1) is 0 Å². The number of hydrogen-bond donors (Lipinski definition) is 1. The van der Waals surface area contributed by atoms with Crippen molar-refractivity contribution in [2.24, 2.45) is 0 Å². The summed E-state index contributed by atoms with van der Waals surface area (Å²) in [6, 6.07) is 12.5. The molecule has 4 nitrogen and oxygen atoms in total. The standard InChI is InChI=1S/C21H25FN2O2S/c1-15-5-10-19(20(12-15)25-2)23-21(27)24(14-18-4-3-11-26-18)13-16-6-8-17(22)9-7-16/h5-10,12,18H,3-4,11,13-14H2,1-2H3,(H,23,27). The fourth-order valence-corrected chi connectivity index (χ4v) is 3.41. The normalized spacial score (nSPS) is 16.2. The van der Waals surface area contributed by atoms with Crippen LogP contribution in [0.15, 0.2) is 42.5 Å². The molecular formula is C21H25FN2O2S. The summed E-state index contributed by atoms with van der Waals surface area (Å²) < 4.78 is 24.5. The highest BCUT2D eigenvalue weighted by Gasteiger charge is 2.21. The van der Waals surface area contributed by atoms with Gasteiger partial charge in [0.15, 0.2) is 5.11 Å². The van der Waals surface area contributed by atoms with Crippen molar-refractivity contribution in [2.45, 2.75) is 32.4 Å². The molecule has 2 aromatic rings. The van der Waals surface area contributed by atoms with Crippen LogP contribution < -0.4 is 10.1 Å². The molecule has 27 heavy (non-hydrogen) atoms. The van der Waals surface area contributed by atoms with Crippen LogP contribution >= 0.6 is 12.2 Å². The number of nitrogens with one attached hydrogen (secondary N) is 1. The van der Waals surface area contributed by atoms with Crippen LogP contribution in [0.2, 0.25) is 0 Å². The third-order valence-electron chi connectivity index (χ3n) is 4.62. The average Bonchev–Trinajstić information content (AvgIpc) is 3.17. The van der Waals surface area contributed by atoms with Gasteiger partial charge in [0.1, 0.15) is 11.6 Å². The molecule has 1 unspecified atom stereocenters. The van der Waals surface area contributed by atoms with E-state index in [9.17, 15) is 4.39 Å². The van der Waals surface area contributed by atoms with Crippen LogP contribution in [-0.2, 0) is 11.3 Å². The van der Waals surface area contributed by atoms with E-state index in [1.807, 2.05) is 25.1 Å². The SMILES string of the molecule is COc1cc(C)ccc1NC(=S)N(Cc1ccc(F)cc1)CC1CCCO1. The van der Waals surface area contributed by atoms with Gasteiger partial charge < -0.3 is 19.7 Å². The molecule has 0 amide bonds. The molecule has 1 heterocycles. The lowest BCUT2D eigenvalue weighted by molar-refractivity contribution is 0.0905. The number of aryl methyl sites for hydroxylation is 1. The third kappa shape index (κ3) is 5.40. The Morgan fingerprint density at radius 1 is 1.30 bits per heavy atom. The van der Waals surface area contributed by atoms with E-state index in [0.29, 0.717) is 18.2 Å². The Labute approximate surface area is 165 Å². The third-order valence-corrected chi connectivity index (χ3v) is 4.98. The predicted octanol–water partition coefficient (Wildman–Crippen LogP) is 4.52. The van der Waals surface area contributed by atoms with E-state index in [2.05, 4.69) is 10.2 Å². The summed E-state index contributed by atoms with van der Waals surface area (Å²) in [6.45, 7) is 4.08. The van der Waals surface area contributed by atoms with Crippen molar-refractivity contribution in [2.75, 3.05) is 25.6 Å². The van der Waals surface area contributed by atoms with E-state index >= 15 is 0 Å². The molecule has 0 saturated carbocycles. The van der Waals surface area contributed by atoms with Crippen molar-refractivity contribution in [3.8, 4) is 5.75 Å². The second-order valence-corrected chi connectivity index (χ2v) is 7.16. The Hall–Kier alpha value is -2.18. The minimum atomic E-state index is -0.241. The van der Waals surface area contributed by atoms with E-state index in [1.165, 1.54) is 12.1 Å². The van der Waals surface area contributed by atoms with Gasteiger partial charge in [-0.3, -0.25) is 0 Å². The molecule has 0 spiro atoms. The fraction of sp³-hybridized carbons (Fsp3) is 0.381. The number of ether oxygens (including phenoxy) is 2. The molecular weight excluding hydrogens is 363 g/mol. The van der Waals surface area contributed by atoms with Crippen molar-refractivity contribution in [3.63, 3.8) is 0 Å². The van der Waals surface area contributed by atoms with E-state index in [4.69, 9.17) is 21.7 Å². The molecule has 6 heteroatoms. The molecule has 1 N–H and O–H groups in total. The van der Waals surface area contributed by atoms with E-state index < -0.39 is 0 Å². The van der Waals surface area contributed by atoms with Gasteiger partial charge in [0.25, 0.3) is 0 Å². The maximum absolute atomic E-state index is 13.2. The Bertz CT molecular complexity index is 776. The monoisotopic (exact) mass is 388 g/mol. The molecule has 0 radical (unpaired) electrons. The molecule has 3 rings (SSSR count). The van der Waals surface area contributed by atoms with Gasteiger partial charge in [0.05, 0.1) is 18.9 Å². The van der Waals surface area contributed by atoms with Gasteiger partial charge in [-0.25, -0.2) is 4.39 Å². The van der Waals surface area contributed by atoms with Crippen LogP contribution in [-0.4, -0.2) is 36.4 Å². The molecule has 144 valence electrons. The summed E-state index contributed by atoms with van der Waals surface area (Å²) >= 11 is 5.69. The van der Waals surface area contributed by atoms with E-state index in [-0.39, 0.29) is 11.9 Å². The molecule has 0 bridgehead atoms. The Balaban J connectivity index is 1.76. The molecule has 1 aliphatic rings. The highest BCUT2D eigenvalue weighted by Crippen LogP contribution is 2.26. The number of thiocarbonyl (C=S) groups is 1. The fourth-order valence-electron chi connectivity index (χ4n) is 3.16. The van der Waals surface area contributed by atoms with Crippen LogP contribution in [0.3, 0.4) is 0 Å². The van der Waals surface area contributed by atoms with Gasteiger partial charge >= 0.3 is 0 Å². The quantitative estimate of drug-likeness (QED) is 0.736. The minimum absolute atomic E-state index is 0.158. The van der Waals surface area contributed by atoms with Gasteiger partial charge in [0, 0.05) is 19.7 Å². The van der Waals surface area contributed by atoms with E-state index in [1.54, 1.807) is 19.2 Å². The van der Waals surface area contributed by atoms with Gasteiger partial charge in [-0.1, -0.05) is 18.2 Å². The largest absolute Gasteiger partial charge is 0.495 e. The first kappa shape index (κ1) is 19.6. The first-order chi connectivity index (χ1) is 13.0. The number of nitrogens with zero attached hydrogens (tertiary/aromatic N) is 1. The van der Waals surface area contributed by atoms with Crippen molar-refractivity contribution in [3.05, 3.63) is 59.4 Å². The molecule has 1 atom stereocenters. The number of benzene rings is 2. The van der Waals surface area contributed by atoms with Crippen molar-refractivity contribution >= 4 is 23.0 Å². The van der Waals surface area contributed by atoms with Crippen molar-refractivity contribution in [1.29, 1.82) is 0 Å². The minimum Gasteiger partial charge on any atom is -0.495 e. The molecule has 1 saturated heterocycles. The first-order valence-electron chi connectivity index (χ1n) is 9.12. The highest BCUT2D eigenvalue weighted by molar-refractivity contribution is 7.80. The van der Waals surface area contributed by atoms with Crippen LogP contribution in [0.1, 0.15) is 24.0 Å². The summed E-state index contributed by atoms with van der Waals surface area (Å²) in [6.07, 6.45) is 2.25. The van der Waals surface area contributed by atoms with Crippen LogP contribution in [0.5, 0.6) is 5.75 Å². The Kier molecular flexibility index (Phi) is 6.63. The molecule has 1 aliphatic heterocycles. The van der Waals surface area contributed by atoms with E-state index in [0.717, 1.165) is 42.0 Å². The zero-order valence-corrected chi connectivity index (χ0v) is 16.5. The lowest BCUT2D eigenvalue weighted by Crippen LogP contribution is -2.39. The zero-order chi connectivity index (χ0) is 19.2. The van der Waals surface area contributed by atoms with Crippen LogP contribution in [0, 0.1) is 12.7 Å². The summed E-state index contributed by atoms with van der Waals surface area (Å²) in [5.74, 6) is 0.505. The number of rotatable bonds is 6. The highest BCUT2D eigenvalue weighted by atomic mass is 32.1. The molecule has 0 aromatic heterocycles.